The average Bonchev–Trinajstić information content (AvgIpc) is 2.56. The maximum Gasteiger partial charge on any atom is 0.246 e. The first-order chi connectivity index (χ1) is 11.5. The highest BCUT2D eigenvalue weighted by molar-refractivity contribution is 5.98. The summed E-state index contributed by atoms with van der Waals surface area (Å²) in [5.41, 5.74) is 4.20. The molecule has 0 aliphatic carbocycles. The van der Waals surface area contributed by atoms with E-state index in [0.29, 0.717) is 19.5 Å². The fourth-order valence-corrected chi connectivity index (χ4v) is 2.99. The molecule has 24 heavy (non-hydrogen) atoms. The van der Waals surface area contributed by atoms with Gasteiger partial charge in [0.2, 0.25) is 11.8 Å². The van der Waals surface area contributed by atoms with Gasteiger partial charge in [0.05, 0.1) is 6.42 Å². The highest BCUT2D eigenvalue weighted by atomic mass is 16.2. The number of amides is 2. The number of hydrogen-bond donors (Lipinski definition) is 0. The second-order valence-electron chi connectivity index (χ2n) is 6.36. The zero-order valence-electron chi connectivity index (χ0n) is 14.2. The van der Waals surface area contributed by atoms with E-state index in [-0.39, 0.29) is 18.4 Å². The van der Waals surface area contributed by atoms with Crippen LogP contribution in [0.25, 0.3) is 0 Å². The summed E-state index contributed by atoms with van der Waals surface area (Å²) in [5.74, 6) is -0.0137. The van der Waals surface area contributed by atoms with Crippen molar-refractivity contribution in [3.63, 3.8) is 0 Å². The van der Waals surface area contributed by atoms with Crippen LogP contribution in [0.4, 0.5) is 5.69 Å². The van der Waals surface area contributed by atoms with Crippen LogP contribution >= 0.6 is 0 Å². The Balaban J connectivity index is 1.63. The molecule has 1 heterocycles. The summed E-state index contributed by atoms with van der Waals surface area (Å²) in [4.78, 5) is 28.3. The van der Waals surface area contributed by atoms with Crippen molar-refractivity contribution >= 4 is 17.5 Å². The van der Waals surface area contributed by atoms with E-state index in [2.05, 4.69) is 0 Å². The molecule has 1 saturated heterocycles. The van der Waals surface area contributed by atoms with Gasteiger partial charge in [-0.15, -0.1) is 0 Å². The van der Waals surface area contributed by atoms with Crippen LogP contribution in [0, 0.1) is 13.8 Å². The normalized spacial score (nSPS) is 14.8. The van der Waals surface area contributed by atoms with Crippen molar-refractivity contribution in [1.82, 2.24) is 4.90 Å². The van der Waals surface area contributed by atoms with E-state index in [4.69, 9.17) is 0 Å². The minimum atomic E-state index is -0.0253. The Morgan fingerprint density at radius 3 is 2.42 bits per heavy atom. The standard InChI is InChI=1S/C20H22N2O2/c1-15-6-8-18(9-7-15)22-11-10-21(14-20(22)24)19(23)13-17-5-3-4-16(2)12-17/h3-9,12H,10-11,13-14H2,1-2H3. The zero-order chi connectivity index (χ0) is 17.1. The average molecular weight is 322 g/mol. The smallest absolute Gasteiger partial charge is 0.246 e. The third-order valence-electron chi connectivity index (χ3n) is 4.36. The van der Waals surface area contributed by atoms with E-state index in [9.17, 15) is 9.59 Å². The third-order valence-corrected chi connectivity index (χ3v) is 4.36. The summed E-state index contributed by atoms with van der Waals surface area (Å²) in [5, 5.41) is 0. The van der Waals surface area contributed by atoms with Gasteiger partial charge in [-0.3, -0.25) is 9.59 Å². The van der Waals surface area contributed by atoms with Gasteiger partial charge in [0.1, 0.15) is 6.54 Å². The Hall–Kier alpha value is -2.62. The fraction of sp³-hybridized carbons (Fsp3) is 0.300. The van der Waals surface area contributed by atoms with Crippen LogP contribution in [-0.2, 0) is 16.0 Å². The number of piperazine rings is 1. The first-order valence-electron chi connectivity index (χ1n) is 8.23. The lowest BCUT2D eigenvalue weighted by molar-refractivity contribution is -0.136. The third kappa shape index (κ3) is 3.65. The molecule has 4 nitrogen and oxygen atoms in total. The van der Waals surface area contributed by atoms with Crippen LogP contribution in [0.1, 0.15) is 16.7 Å². The molecule has 2 aromatic carbocycles. The summed E-state index contributed by atoms with van der Waals surface area (Å²) < 4.78 is 0. The summed E-state index contributed by atoms with van der Waals surface area (Å²) in [6.07, 6.45) is 0.347. The molecule has 0 unspecified atom stereocenters. The van der Waals surface area contributed by atoms with Gasteiger partial charge >= 0.3 is 0 Å². The largest absolute Gasteiger partial charge is 0.331 e. The number of hydrogen-bond acceptors (Lipinski definition) is 2. The van der Waals surface area contributed by atoms with Gasteiger partial charge < -0.3 is 9.80 Å². The molecule has 2 amide bonds. The number of nitrogens with zero attached hydrogens (tertiary/aromatic N) is 2. The number of aryl methyl sites for hydroxylation is 2. The molecule has 4 heteroatoms. The van der Waals surface area contributed by atoms with Gasteiger partial charge in [-0.05, 0) is 31.5 Å². The highest BCUT2D eigenvalue weighted by Gasteiger charge is 2.27. The highest BCUT2D eigenvalue weighted by Crippen LogP contribution is 2.18. The van der Waals surface area contributed by atoms with Crippen molar-refractivity contribution in [3.05, 3.63) is 65.2 Å². The Morgan fingerprint density at radius 2 is 1.75 bits per heavy atom. The van der Waals surface area contributed by atoms with Gasteiger partial charge in [-0.1, -0.05) is 47.5 Å². The molecule has 0 radical (unpaired) electrons. The number of rotatable bonds is 3. The van der Waals surface area contributed by atoms with Crippen molar-refractivity contribution in [1.29, 1.82) is 0 Å². The molecule has 2 aromatic rings. The molecule has 0 spiro atoms. The van der Waals surface area contributed by atoms with Gasteiger partial charge in [0, 0.05) is 18.8 Å². The van der Waals surface area contributed by atoms with Crippen LogP contribution in [0.3, 0.4) is 0 Å². The topological polar surface area (TPSA) is 40.6 Å². The molecular weight excluding hydrogens is 300 g/mol. The van der Waals surface area contributed by atoms with E-state index in [1.165, 1.54) is 0 Å². The molecule has 0 N–H and O–H groups in total. The maximum absolute atomic E-state index is 12.5. The van der Waals surface area contributed by atoms with Gasteiger partial charge in [-0.2, -0.15) is 0 Å². The van der Waals surface area contributed by atoms with E-state index in [1.54, 1.807) is 9.80 Å². The summed E-state index contributed by atoms with van der Waals surface area (Å²) in [6, 6.07) is 15.8. The lowest BCUT2D eigenvalue weighted by Crippen LogP contribution is -2.52. The van der Waals surface area contributed by atoms with Crippen LogP contribution in [0.15, 0.2) is 48.5 Å². The summed E-state index contributed by atoms with van der Waals surface area (Å²) in [7, 11) is 0. The van der Waals surface area contributed by atoms with Crippen LogP contribution in [0.2, 0.25) is 0 Å². The van der Waals surface area contributed by atoms with Gasteiger partial charge in [0.25, 0.3) is 0 Å². The molecule has 3 rings (SSSR count). The van der Waals surface area contributed by atoms with Crippen molar-refractivity contribution in [3.8, 4) is 0 Å². The van der Waals surface area contributed by atoms with E-state index >= 15 is 0 Å². The van der Waals surface area contributed by atoms with Crippen molar-refractivity contribution in [2.24, 2.45) is 0 Å². The molecule has 1 aliphatic rings. The quantitative estimate of drug-likeness (QED) is 0.872. The predicted molar refractivity (Wildman–Crippen MR) is 95.0 cm³/mol. The lowest BCUT2D eigenvalue weighted by Gasteiger charge is -2.34. The number of anilines is 1. The van der Waals surface area contributed by atoms with Crippen molar-refractivity contribution in [2.45, 2.75) is 20.3 Å². The lowest BCUT2D eigenvalue weighted by atomic mass is 10.1. The molecule has 0 atom stereocenters. The monoisotopic (exact) mass is 322 g/mol. The molecule has 1 aliphatic heterocycles. The van der Waals surface area contributed by atoms with Crippen LogP contribution in [-0.4, -0.2) is 36.3 Å². The molecule has 0 saturated carbocycles. The van der Waals surface area contributed by atoms with E-state index < -0.39 is 0 Å². The Labute approximate surface area is 142 Å². The summed E-state index contributed by atoms with van der Waals surface area (Å²) >= 11 is 0. The minimum Gasteiger partial charge on any atom is -0.331 e. The molecule has 0 aromatic heterocycles. The number of carbonyl (C=O) groups excluding carboxylic acids is 2. The zero-order valence-corrected chi connectivity index (χ0v) is 14.2. The number of benzene rings is 2. The van der Waals surface area contributed by atoms with Gasteiger partial charge in [-0.25, -0.2) is 0 Å². The first-order valence-corrected chi connectivity index (χ1v) is 8.23. The first kappa shape index (κ1) is 16.2. The van der Waals surface area contributed by atoms with Crippen LogP contribution < -0.4 is 4.90 Å². The SMILES string of the molecule is Cc1ccc(N2CCN(C(=O)Cc3cccc(C)c3)CC2=O)cc1. The summed E-state index contributed by atoms with van der Waals surface area (Å²) in [6.45, 7) is 5.30. The van der Waals surface area contributed by atoms with E-state index in [0.717, 1.165) is 22.4 Å². The molecule has 0 bridgehead atoms. The van der Waals surface area contributed by atoms with E-state index in [1.807, 2.05) is 62.4 Å². The Morgan fingerprint density at radius 1 is 1.00 bits per heavy atom. The second kappa shape index (κ2) is 6.87. The minimum absolute atomic E-state index is 0.0116. The fourth-order valence-electron chi connectivity index (χ4n) is 2.99. The number of carbonyl (C=O) groups is 2. The van der Waals surface area contributed by atoms with Crippen molar-refractivity contribution < 1.29 is 9.59 Å². The second-order valence-corrected chi connectivity index (χ2v) is 6.36. The molecule has 1 fully saturated rings. The molecule has 124 valence electrons. The van der Waals surface area contributed by atoms with Gasteiger partial charge in [0.15, 0.2) is 0 Å². The maximum atomic E-state index is 12.5. The molecular formula is C20H22N2O2. The predicted octanol–water partition coefficient (Wildman–Crippen LogP) is 2.72. The van der Waals surface area contributed by atoms with Crippen molar-refractivity contribution in [2.75, 3.05) is 24.5 Å². The Kier molecular flexibility index (Phi) is 4.65. The van der Waals surface area contributed by atoms with Crippen LogP contribution in [0.5, 0.6) is 0 Å². The Bertz CT molecular complexity index is 752.